The van der Waals surface area contributed by atoms with Crippen molar-refractivity contribution in [1.29, 1.82) is 0 Å². The number of aromatic amines is 1. The van der Waals surface area contributed by atoms with Crippen molar-refractivity contribution in [2.75, 3.05) is 13.1 Å². The molecule has 2 atom stereocenters. The lowest BCUT2D eigenvalue weighted by molar-refractivity contribution is 0.262. The number of hydrogen-bond donors (Lipinski definition) is 2. The highest BCUT2D eigenvalue weighted by Crippen LogP contribution is 2.23. The van der Waals surface area contributed by atoms with Crippen molar-refractivity contribution in [3.05, 3.63) is 11.4 Å². The lowest BCUT2D eigenvalue weighted by Crippen LogP contribution is -2.55. The van der Waals surface area contributed by atoms with Crippen molar-refractivity contribution in [2.24, 2.45) is 0 Å². The third kappa shape index (κ3) is 2.30. The summed E-state index contributed by atoms with van der Waals surface area (Å²) in [6, 6.07) is 0.326. The number of rotatable bonds is 2. The summed E-state index contributed by atoms with van der Waals surface area (Å²) in [6.45, 7) is 8.43. The van der Waals surface area contributed by atoms with Gasteiger partial charge in [-0.1, -0.05) is 0 Å². The number of aryl methyl sites for hydroxylation is 2. The number of hydrogen-bond acceptors (Lipinski definition) is 4. The number of piperazine rings is 1. The number of nitrogens with zero attached hydrogens (tertiary/aromatic N) is 2. The monoisotopic (exact) mass is 272 g/mol. The van der Waals surface area contributed by atoms with Crippen LogP contribution in [0.1, 0.15) is 25.2 Å². The molecule has 0 radical (unpaired) electrons. The zero-order chi connectivity index (χ0) is 13.5. The van der Waals surface area contributed by atoms with Crippen molar-refractivity contribution in [2.45, 2.75) is 44.7 Å². The summed E-state index contributed by atoms with van der Waals surface area (Å²) in [5, 5.41) is 10.0. The van der Waals surface area contributed by atoms with E-state index in [0.717, 1.165) is 0 Å². The average Bonchev–Trinajstić information content (AvgIpc) is 2.57. The van der Waals surface area contributed by atoms with E-state index in [-0.39, 0.29) is 12.1 Å². The molecule has 0 bridgehead atoms. The summed E-state index contributed by atoms with van der Waals surface area (Å²) in [4.78, 5) is 0.323. The maximum atomic E-state index is 12.6. The van der Waals surface area contributed by atoms with Crippen molar-refractivity contribution in [3.63, 3.8) is 0 Å². The maximum absolute atomic E-state index is 12.6. The third-order valence-corrected chi connectivity index (χ3v) is 5.28. The first-order valence-corrected chi connectivity index (χ1v) is 7.54. The van der Waals surface area contributed by atoms with E-state index in [9.17, 15) is 8.42 Å². The fraction of sp³-hybridized carbons (Fsp3) is 0.727. The summed E-state index contributed by atoms with van der Waals surface area (Å²) < 4.78 is 26.8. The van der Waals surface area contributed by atoms with Crippen LogP contribution in [0.15, 0.2) is 4.90 Å². The Bertz CT molecular complexity index is 508. The lowest BCUT2D eigenvalue weighted by Gasteiger charge is -2.35. The van der Waals surface area contributed by atoms with Gasteiger partial charge in [-0.05, 0) is 27.7 Å². The Morgan fingerprint density at radius 2 is 1.78 bits per heavy atom. The molecule has 0 saturated carbocycles. The number of sulfonamides is 1. The van der Waals surface area contributed by atoms with Gasteiger partial charge in [0, 0.05) is 25.2 Å². The van der Waals surface area contributed by atoms with E-state index in [0.29, 0.717) is 29.4 Å². The molecule has 0 amide bonds. The Kier molecular flexibility index (Phi) is 3.48. The Morgan fingerprint density at radius 1 is 1.22 bits per heavy atom. The summed E-state index contributed by atoms with van der Waals surface area (Å²) >= 11 is 0. The molecule has 1 aromatic rings. The Morgan fingerprint density at radius 3 is 2.22 bits per heavy atom. The third-order valence-electron chi connectivity index (χ3n) is 3.18. The average molecular weight is 272 g/mol. The van der Waals surface area contributed by atoms with Crippen LogP contribution in [-0.4, -0.2) is 48.1 Å². The molecule has 6 nitrogen and oxygen atoms in total. The highest BCUT2D eigenvalue weighted by molar-refractivity contribution is 7.89. The molecular weight excluding hydrogens is 252 g/mol. The van der Waals surface area contributed by atoms with E-state index in [1.165, 1.54) is 0 Å². The van der Waals surface area contributed by atoms with Gasteiger partial charge in [-0.25, -0.2) is 8.42 Å². The van der Waals surface area contributed by atoms with Crippen molar-refractivity contribution in [3.8, 4) is 0 Å². The van der Waals surface area contributed by atoms with Crippen LogP contribution in [0.5, 0.6) is 0 Å². The van der Waals surface area contributed by atoms with E-state index in [4.69, 9.17) is 0 Å². The maximum Gasteiger partial charge on any atom is 0.246 e. The van der Waals surface area contributed by atoms with E-state index in [1.807, 2.05) is 13.8 Å². The smallest absolute Gasteiger partial charge is 0.246 e. The first kappa shape index (κ1) is 13.5. The highest BCUT2D eigenvalue weighted by Gasteiger charge is 2.34. The van der Waals surface area contributed by atoms with Gasteiger partial charge < -0.3 is 5.32 Å². The summed E-state index contributed by atoms with van der Waals surface area (Å²) in [5.41, 5.74) is 1.14. The van der Waals surface area contributed by atoms with Crippen LogP contribution in [0.25, 0.3) is 0 Å². The summed E-state index contributed by atoms with van der Waals surface area (Å²) in [5.74, 6) is 0. The fourth-order valence-electron chi connectivity index (χ4n) is 2.52. The lowest BCUT2D eigenvalue weighted by atomic mass is 10.2. The molecule has 1 aromatic heterocycles. The van der Waals surface area contributed by atoms with Gasteiger partial charge in [0.25, 0.3) is 0 Å². The molecule has 2 N–H and O–H groups in total. The molecule has 1 fully saturated rings. The van der Waals surface area contributed by atoms with Crippen molar-refractivity contribution < 1.29 is 8.42 Å². The molecule has 1 aliphatic heterocycles. The molecular formula is C11H20N4O2S. The molecule has 1 aliphatic rings. The topological polar surface area (TPSA) is 78.1 Å². The molecule has 0 aliphatic carbocycles. The van der Waals surface area contributed by atoms with Crippen LogP contribution >= 0.6 is 0 Å². The first-order chi connectivity index (χ1) is 8.32. The molecule has 2 heterocycles. The minimum absolute atomic E-state index is 0.163. The van der Waals surface area contributed by atoms with Gasteiger partial charge in [0.1, 0.15) is 4.90 Å². The molecule has 2 rings (SSSR count). The van der Waals surface area contributed by atoms with Crippen LogP contribution in [-0.2, 0) is 10.0 Å². The Labute approximate surface area is 108 Å². The number of H-pyrrole nitrogens is 1. The van der Waals surface area contributed by atoms with E-state index >= 15 is 0 Å². The van der Waals surface area contributed by atoms with Crippen molar-refractivity contribution >= 4 is 10.0 Å². The number of aromatic nitrogens is 2. The van der Waals surface area contributed by atoms with E-state index in [1.54, 1.807) is 18.2 Å². The summed E-state index contributed by atoms with van der Waals surface area (Å²) in [6.07, 6.45) is 0. The van der Waals surface area contributed by atoms with Gasteiger partial charge in [0.2, 0.25) is 10.0 Å². The van der Waals surface area contributed by atoms with E-state index < -0.39 is 10.0 Å². The minimum Gasteiger partial charge on any atom is -0.309 e. The molecule has 0 aromatic carbocycles. The number of nitrogens with one attached hydrogen (secondary N) is 2. The largest absolute Gasteiger partial charge is 0.309 e. The van der Waals surface area contributed by atoms with Gasteiger partial charge in [-0.2, -0.15) is 9.40 Å². The van der Waals surface area contributed by atoms with E-state index in [2.05, 4.69) is 15.5 Å². The highest BCUT2D eigenvalue weighted by atomic mass is 32.2. The molecule has 102 valence electrons. The molecule has 0 unspecified atom stereocenters. The summed E-state index contributed by atoms with van der Waals surface area (Å²) in [7, 11) is -3.45. The zero-order valence-electron chi connectivity index (χ0n) is 11.2. The Balaban J connectivity index is 2.37. The molecule has 18 heavy (non-hydrogen) atoms. The second-order valence-electron chi connectivity index (χ2n) is 5.05. The molecule has 0 spiro atoms. The first-order valence-electron chi connectivity index (χ1n) is 6.10. The minimum atomic E-state index is -3.45. The van der Waals surface area contributed by atoms with Crippen molar-refractivity contribution in [1.82, 2.24) is 19.8 Å². The zero-order valence-corrected chi connectivity index (χ0v) is 12.0. The van der Waals surface area contributed by atoms with Gasteiger partial charge in [0.05, 0.1) is 11.4 Å². The van der Waals surface area contributed by atoms with Crippen LogP contribution < -0.4 is 5.32 Å². The standard InChI is InChI=1S/C11H20N4O2S/c1-7-5-15(6-8(2)12-7)18(16,17)11-9(3)13-14-10(11)4/h7-8,12H,5-6H2,1-4H3,(H,13,14)/t7-,8-/m0/s1. The molecule has 1 saturated heterocycles. The predicted molar refractivity (Wildman–Crippen MR) is 68.9 cm³/mol. The van der Waals surface area contributed by atoms with Crippen LogP contribution in [0.4, 0.5) is 0 Å². The van der Waals surface area contributed by atoms with Crippen LogP contribution in [0.2, 0.25) is 0 Å². The van der Waals surface area contributed by atoms with Gasteiger partial charge >= 0.3 is 0 Å². The Hall–Kier alpha value is -0.920. The van der Waals surface area contributed by atoms with Crippen LogP contribution in [0, 0.1) is 13.8 Å². The fourth-order valence-corrected chi connectivity index (χ4v) is 4.47. The second-order valence-corrected chi connectivity index (χ2v) is 6.93. The quantitative estimate of drug-likeness (QED) is 0.817. The SMILES string of the molecule is Cc1n[nH]c(C)c1S(=O)(=O)N1C[C@H](C)N[C@@H](C)C1. The second kappa shape index (κ2) is 4.64. The molecule has 7 heteroatoms. The van der Waals surface area contributed by atoms with Gasteiger partial charge in [-0.15, -0.1) is 0 Å². The predicted octanol–water partition coefficient (Wildman–Crippen LogP) is 0.397. The van der Waals surface area contributed by atoms with Gasteiger partial charge in [0.15, 0.2) is 0 Å². The van der Waals surface area contributed by atoms with Gasteiger partial charge in [-0.3, -0.25) is 5.10 Å². The normalized spacial score (nSPS) is 26.4. The van der Waals surface area contributed by atoms with Crippen LogP contribution in [0.3, 0.4) is 0 Å².